The van der Waals surface area contributed by atoms with Crippen LogP contribution in [0.3, 0.4) is 0 Å². The van der Waals surface area contributed by atoms with Crippen LogP contribution in [0.15, 0.2) is 48.5 Å². The lowest BCUT2D eigenvalue weighted by Gasteiger charge is -2.38. The number of rotatable bonds is 6. The third kappa shape index (κ3) is 5.14. The summed E-state index contributed by atoms with van der Waals surface area (Å²) < 4.78 is 15.8. The Morgan fingerprint density at radius 1 is 1.14 bits per heavy atom. The Kier molecular flexibility index (Phi) is 7.34. The second-order valence-corrected chi connectivity index (χ2v) is 8.29. The second kappa shape index (κ2) is 10.6. The molecule has 0 aromatic heterocycles. The number of carbonyl (C=O) groups is 3. The minimum absolute atomic E-state index is 0.0521. The number of morpholine rings is 1. The molecule has 0 spiro atoms. The fraction of sp³-hybridized carbons (Fsp3) is 0.346. The average molecular weight is 479 g/mol. The number of nitrogens with one attached hydrogen (secondary N) is 1. The number of amides is 2. The van der Waals surface area contributed by atoms with Crippen LogP contribution in [0.5, 0.6) is 0 Å². The van der Waals surface area contributed by atoms with E-state index >= 15 is 0 Å². The van der Waals surface area contributed by atoms with Crippen LogP contribution < -0.4 is 5.32 Å². The standard InChI is InChI=1S/C26H26N2O7/c1-33-17-26(24(30)31)16-28(13-14-35-26)23(29)11-6-12-27-25(32)34-15-22-20-9-4-2-7-18(20)19-8-3-5-10-21(19)22/h2-5,7-10,22H,12-17H2,1H3,(H,27,32)(H,30,31). The van der Waals surface area contributed by atoms with Crippen LogP contribution in [-0.4, -0.2) is 80.1 Å². The van der Waals surface area contributed by atoms with Crippen LogP contribution in [0.1, 0.15) is 17.0 Å². The molecule has 1 saturated heterocycles. The molecule has 4 rings (SSSR count). The number of carbonyl (C=O) groups excluding carboxylic acids is 2. The highest BCUT2D eigenvalue weighted by Gasteiger charge is 2.45. The smallest absolute Gasteiger partial charge is 0.407 e. The quantitative estimate of drug-likeness (QED) is 0.609. The molecule has 2 aromatic rings. The van der Waals surface area contributed by atoms with Crippen molar-refractivity contribution in [3.63, 3.8) is 0 Å². The van der Waals surface area contributed by atoms with Gasteiger partial charge in [0.25, 0.3) is 5.91 Å². The van der Waals surface area contributed by atoms with Gasteiger partial charge in [-0.1, -0.05) is 54.5 Å². The van der Waals surface area contributed by atoms with Crippen molar-refractivity contribution < 1.29 is 33.7 Å². The predicted molar refractivity (Wildman–Crippen MR) is 126 cm³/mol. The molecular weight excluding hydrogens is 452 g/mol. The number of ether oxygens (including phenoxy) is 3. The van der Waals surface area contributed by atoms with Crippen LogP contribution in [0.4, 0.5) is 4.79 Å². The highest BCUT2D eigenvalue weighted by atomic mass is 16.6. The summed E-state index contributed by atoms with van der Waals surface area (Å²) >= 11 is 0. The SMILES string of the molecule is COCC1(C(=O)O)CN(C(=O)C#CCNC(=O)OCC2c3ccccc3-c3ccccc32)CCO1. The maximum Gasteiger partial charge on any atom is 0.407 e. The van der Waals surface area contributed by atoms with Gasteiger partial charge in [0.05, 0.1) is 26.3 Å². The van der Waals surface area contributed by atoms with Gasteiger partial charge >= 0.3 is 12.1 Å². The van der Waals surface area contributed by atoms with Crippen molar-refractivity contribution in [2.45, 2.75) is 11.5 Å². The molecule has 182 valence electrons. The molecule has 1 aliphatic heterocycles. The summed E-state index contributed by atoms with van der Waals surface area (Å²) in [5.74, 6) is 3.21. The lowest BCUT2D eigenvalue weighted by atomic mass is 9.98. The Balaban J connectivity index is 1.28. The van der Waals surface area contributed by atoms with E-state index in [-0.39, 0.29) is 45.4 Å². The number of benzene rings is 2. The van der Waals surface area contributed by atoms with Crippen LogP contribution in [0.2, 0.25) is 0 Å². The third-order valence-corrected chi connectivity index (χ3v) is 6.10. The lowest BCUT2D eigenvalue weighted by molar-refractivity contribution is -0.188. The molecule has 9 heteroatoms. The first kappa shape index (κ1) is 24.3. The molecule has 1 heterocycles. The van der Waals surface area contributed by atoms with Gasteiger partial charge in [0.2, 0.25) is 5.60 Å². The number of alkyl carbamates (subject to hydrolysis) is 1. The molecule has 2 amide bonds. The summed E-state index contributed by atoms with van der Waals surface area (Å²) in [4.78, 5) is 37.5. The number of aliphatic carboxylic acids is 1. The summed E-state index contributed by atoms with van der Waals surface area (Å²) in [6.07, 6.45) is -0.634. The van der Waals surface area contributed by atoms with Gasteiger partial charge in [-0.3, -0.25) is 4.79 Å². The van der Waals surface area contributed by atoms with Crippen LogP contribution in [-0.2, 0) is 23.8 Å². The first-order chi connectivity index (χ1) is 16.9. The monoisotopic (exact) mass is 478 g/mol. The van der Waals surface area contributed by atoms with Crippen molar-refractivity contribution in [2.24, 2.45) is 0 Å². The molecule has 0 bridgehead atoms. The number of fused-ring (bicyclic) bond motifs is 3. The van der Waals surface area contributed by atoms with Gasteiger partial charge in [0.1, 0.15) is 6.61 Å². The normalized spacial score (nSPS) is 18.6. The van der Waals surface area contributed by atoms with Crippen molar-refractivity contribution in [3.8, 4) is 23.0 Å². The molecule has 0 saturated carbocycles. The number of hydrogen-bond acceptors (Lipinski definition) is 6. The molecule has 1 unspecified atom stereocenters. The van der Waals surface area contributed by atoms with Crippen molar-refractivity contribution >= 4 is 18.0 Å². The van der Waals surface area contributed by atoms with Gasteiger partial charge in [-0.05, 0) is 28.2 Å². The Labute approximate surface area is 203 Å². The van der Waals surface area contributed by atoms with Crippen LogP contribution >= 0.6 is 0 Å². The average Bonchev–Trinajstić information content (AvgIpc) is 3.19. The molecule has 2 aromatic carbocycles. The Bertz CT molecular complexity index is 1140. The molecule has 9 nitrogen and oxygen atoms in total. The van der Waals surface area contributed by atoms with E-state index in [1.54, 1.807) is 0 Å². The fourth-order valence-corrected chi connectivity index (χ4v) is 4.43. The number of carboxylic acid groups (broad SMARTS) is 1. The molecular formula is C26H26N2O7. The number of carboxylic acids is 1. The second-order valence-electron chi connectivity index (χ2n) is 8.29. The number of methoxy groups -OCH3 is 1. The largest absolute Gasteiger partial charge is 0.479 e. The van der Waals surface area contributed by atoms with Gasteiger partial charge < -0.3 is 29.5 Å². The number of hydrogen-bond donors (Lipinski definition) is 2. The molecule has 1 aliphatic carbocycles. The topological polar surface area (TPSA) is 114 Å². The van der Waals surface area contributed by atoms with E-state index in [9.17, 15) is 19.5 Å². The summed E-state index contributed by atoms with van der Waals surface area (Å²) in [7, 11) is 1.36. The van der Waals surface area contributed by atoms with Gasteiger partial charge in [0, 0.05) is 19.6 Å². The maximum absolute atomic E-state index is 12.4. The molecule has 2 aliphatic rings. The van der Waals surface area contributed by atoms with E-state index in [1.807, 2.05) is 36.4 Å². The highest BCUT2D eigenvalue weighted by Crippen LogP contribution is 2.44. The van der Waals surface area contributed by atoms with Crippen LogP contribution in [0, 0.1) is 11.8 Å². The zero-order valence-corrected chi connectivity index (χ0v) is 19.3. The Hall–Kier alpha value is -3.87. The molecule has 1 atom stereocenters. The van der Waals surface area contributed by atoms with Gasteiger partial charge in [0.15, 0.2) is 0 Å². The minimum Gasteiger partial charge on any atom is -0.479 e. The van der Waals surface area contributed by atoms with Gasteiger partial charge in [-0.2, -0.15) is 0 Å². The third-order valence-electron chi connectivity index (χ3n) is 6.10. The minimum atomic E-state index is -1.62. The van der Waals surface area contributed by atoms with E-state index in [1.165, 1.54) is 12.0 Å². The zero-order valence-electron chi connectivity index (χ0n) is 19.3. The van der Waals surface area contributed by atoms with E-state index < -0.39 is 23.6 Å². The van der Waals surface area contributed by atoms with Crippen molar-refractivity contribution in [1.82, 2.24) is 10.2 Å². The van der Waals surface area contributed by atoms with Gasteiger partial charge in [-0.25, -0.2) is 9.59 Å². The molecule has 0 radical (unpaired) electrons. The van der Waals surface area contributed by atoms with E-state index in [0.717, 1.165) is 22.3 Å². The number of nitrogens with zero attached hydrogens (tertiary/aromatic N) is 1. The van der Waals surface area contributed by atoms with E-state index in [0.29, 0.717) is 0 Å². The van der Waals surface area contributed by atoms with E-state index in [4.69, 9.17) is 14.2 Å². The summed E-state index contributed by atoms with van der Waals surface area (Å²) in [5.41, 5.74) is 2.89. The molecule has 35 heavy (non-hydrogen) atoms. The molecule has 2 N–H and O–H groups in total. The zero-order chi connectivity index (χ0) is 24.8. The van der Waals surface area contributed by atoms with Crippen LogP contribution in [0.25, 0.3) is 11.1 Å². The Morgan fingerprint density at radius 3 is 2.43 bits per heavy atom. The maximum atomic E-state index is 12.4. The predicted octanol–water partition coefficient (Wildman–Crippen LogP) is 1.86. The van der Waals surface area contributed by atoms with Gasteiger partial charge in [-0.15, -0.1) is 0 Å². The molecule has 1 fully saturated rings. The first-order valence-corrected chi connectivity index (χ1v) is 11.2. The van der Waals surface area contributed by atoms with Crippen molar-refractivity contribution in [1.29, 1.82) is 0 Å². The summed E-state index contributed by atoms with van der Waals surface area (Å²) in [5, 5.41) is 12.0. The summed E-state index contributed by atoms with van der Waals surface area (Å²) in [6, 6.07) is 16.1. The highest BCUT2D eigenvalue weighted by molar-refractivity contribution is 5.94. The van der Waals surface area contributed by atoms with Crippen molar-refractivity contribution in [2.75, 3.05) is 46.6 Å². The Morgan fingerprint density at radius 2 is 1.80 bits per heavy atom. The summed E-state index contributed by atoms with van der Waals surface area (Å²) in [6.45, 7) is -0.00874. The first-order valence-electron chi connectivity index (χ1n) is 11.2. The van der Waals surface area contributed by atoms with Crippen molar-refractivity contribution in [3.05, 3.63) is 59.7 Å². The lowest BCUT2D eigenvalue weighted by Crippen LogP contribution is -2.60. The van der Waals surface area contributed by atoms with E-state index in [2.05, 4.69) is 29.3 Å². The fourth-order valence-electron chi connectivity index (χ4n) is 4.43.